The minimum Gasteiger partial charge on any atom is -0.439 e. The molecule has 0 aromatic heterocycles. The van der Waals surface area contributed by atoms with E-state index >= 15 is 0 Å². The Morgan fingerprint density at radius 3 is 2.83 bits per heavy atom. The largest absolute Gasteiger partial charge is 0.439 e. The molecule has 23 heavy (non-hydrogen) atoms. The summed E-state index contributed by atoms with van der Waals surface area (Å²) in [4.78, 5) is 36.4. The zero-order valence-electron chi connectivity index (χ0n) is 13.5. The Morgan fingerprint density at radius 2 is 2.17 bits per heavy atom. The van der Waals surface area contributed by atoms with E-state index in [4.69, 9.17) is 4.74 Å². The number of cyclic esters (lactones) is 1. The molecule has 0 aromatic carbocycles. The molecule has 1 unspecified atom stereocenters. The van der Waals surface area contributed by atoms with E-state index in [1.807, 2.05) is 25.2 Å². The van der Waals surface area contributed by atoms with Crippen molar-refractivity contribution in [3.63, 3.8) is 0 Å². The van der Waals surface area contributed by atoms with Gasteiger partial charge in [-0.05, 0) is 25.3 Å². The molecule has 2 rings (SSSR count). The van der Waals surface area contributed by atoms with Crippen LogP contribution in [0.3, 0.4) is 0 Å². The maximum absolute atomic E-state index is 12.0. The van der Waals surface area contributed by atoms with E-state index in [0.717, 1.165) is 6.42 Å². The van der Waals surface area contributed by atoms with Crippen LogP contribution in [0.15, 0.2) is 36.0 Å². The summed E-state index contributed by atoms with van der Waals surface area (Å²) < 4.78 is 5.30. The van der Waals surface area contributed by atoms with E-state index in [1.165, 1.54) is 10.5 Å². The summed E-state index contributed by atoms with van der Waals surface area (Å²) in [5.74, 6) is -0.748. The van der Waals surface area contributed by atoms with Gasteiger partial charge in [-0.1, -0.05) is 37.3 Å². The first-order valence-electron chi connectivity index (χ1n) is 7.76. The third-order valence-electron chi connectivity index (χ3n) is 4.09. The van der Waals surface area contributed by atoms with Crippen molar-refractivity contribution in [2.45, 2.75) is 45.3 Å². The van der Waals surface area contributed by atoms with Crippen LogP contribution in [0.1, 0.15) is 33.1 Å². The van der Waals surface area contributed by atoms with Crippen molar-refractivity contribution in [1.82, 2.24) is 10.2 Å². The maximum Gasteiger partial charge on any atom is 0.411 e. The van der Waals surface area contributed by atoms with Crippen LogP contribution in [0.2, 0.25) is 0 Å². The number of imide groups is 1. The minimum atomic E-state index is -0.649. The van der Waals surface area contributed by atoms with Gasteiger partial charge in [0.2, 0.25) is 11.8 Å². The molecule has 0 spiro atoms. The number of nitrogens with one attached hydrogen (secondary N) is 1. The summed E-state index contributed by atoms with van der Waals surface area (Å²) in [5.41, 5.74) is 1.91. The van der Waals surface area contributed by atoms with Crippen LogP contribution in [0, 0.1) is 0 Å². The first-order chi connectivity index (χ1) is 10.9. The van der Waals surface area contributed by atoms with Crippen molar-refractivity contribution in [2.75, 3.05) is 6.54 Å². The molecule has 124 valence electrons. The molecule has 2 aliphatic heterocycles. The molecule has 3 amide bonds. The number of carbonyl (C=O) groups excluding carboxylic acids is 3. The fourth-order valence-electron chi connectivity index (χ4n) is 2.47. The Kier molecular flexibility index (Phi) is 5.36. The summed E-state index contributed by atoms with van der Waals surface area (Å²) in [6.45, 7) is 8.31. The minimum absolute atomic E-state index is 0.229. The Bertz CT molecular complexity index is 591. The molecule has 0 aliphatic carbocycles. The first kappa shape index (κ1) is 17.0. The number of rotatable bonds is 5. The van der Waals surface area contributed by atoms with E-state index in [2.05, 4.69) is 18.8 Å². The normalized spacial score (nSPS) is 25.7. The number of carbonyl (C=O) groups is 3. The average molecular weight is 318 g/mol. The molecular weight excluding hydrogens is 296 g/mol. The summed E-state index contributed by atoms with van der Waals surface area (Å²) >= 11 is 0. The molecule has 0 bridgehead atoms. The van der Waals surface area contributed by atoms with E-state index in [1.54, 1.807) is 0 Å². The Balaban J connectivity index is 1.98. The van der Waals surface area contributed by atoms with Gasteiger partial charge in [0.1, 0.15) is 12.1 Å². The fraction of sp³-hybridized carbons (Fsp3) is 0.471. The van der Waals surface area contributed by atoms with Crippen LogP contribution < -0.4 is 5.32 Å². The lowest BCUT2D eigenvalue weighted by Crippen LogP contribution is -2.52. The second kappa shape index (κ2) is 7.26. The SMILES string of the molecule is C=C(/C=C\C=C(/C)CC)[C@@H]1CN(C2CCC(=O)NC2=O)C(=O)O1. The van der Waals surface area contributed by atoms with Crippen LogP contribution in [0.25, 0.3) is 0 Å². The van der Waals surface area contributed by atoms with Crippen LogP contribution in [-0.4, -0.2) is 41.5 Å². The second-order valence-electron chi connectivity index (χ2n) is 5.79. The monoisotopic (exact) mass is 318 g/mol. The van der Waals surface area contributed by atoms with Gasteiger partial charge < -0.3 is 4.74 Å². The predicted octanol–water partition coefficient (Wildman–Crippen LogP) is 2.08. The zero-order valence-corrected chi connectivity index (χ0v) is 13.5. The number of allylic oxidation sites excluding steroid dienone is 3. The summed E-state index contributed by atoms with van der Waals surface area (Å²) in [7, 11) is 0. The molecular formula is C17H22N2O4. The highest BCUT2D eigenvalue weighted by atomic mass is 16.6. The first-order valence-corrected chi connectivity index (χ1v) is 7.76. The van der Waals surface area contributed by atoms with E-state index < -0.39 is 24.1 Å². The third kappa shape index (κ3) is 4.09. The standard InChI is InChI=1S/C17H22N2O4/c1-4-11(2)6-5-7-12(3)14-10-19(17(22)23-14)13-8-9-15(20)18-16(13)21/h5-7,13-14H,3-4,8-10H2,1-2H3,(H,18,20,21)/b7-5-,11-6+/t13?,14-/m0/s1. The maximum atomic E-state index is 12.0. The van der Waals surface area contributed by atoms with Crippen molar-refractivity contribution in [3.8, 4) is 0 Å². The van der Waals surface area contributed by atoms with Crippen molar-refractivity contribution in [2.24, 2.45) is 0 Å². The molecule has 6 nitrogen and oxygen atoms in total. The number of nitrogens with zero attached hydrogens (tertiary/aromatic N) is 1. The summed E-state index contributed by atoms with van der Waals surface area (Å²) in [5, 5.41) is 2.25. The highest BCUT2D eigenvalue weighted by molar-refractivity contribution is 6.01. The summed E-state index contributed by atoms with van der Waals surface area (Å²) in [6, 6.07) is -0.649. The number of amides is 3. The lowest BCUT2D eigenvalue weighted by Gasteiger charge is -2.27. The van der Waals surface area contributed by atoms with Gasteiger partial charge in [0, 0.05) is 6.42 Å². The lowest BCUT2D eigenvalue weighted by molar-refractivity contribution is -0.136. The number of hydrogen-bond acceptors (Lipinski definition) is 4. The van der Waals surface area contributed by atoms with Gasteiger partial charge in [-0.25, -0.2) is 4.79 Å². The fourth-order valence-corrected chi connectivity index (χ4v) is 2.47. The van der Waals surface area contributed by atoms with E-state index in [-0.39, 0.29) is 18.9 Å². The van der Waals surface area contributed by atoms with Crippen molar-refractivity contribution < 1.29 is 19.1 Å². The number of piperidine rings is 1. The molecule has 0 radical (unpaired) electrons. The summed E-state index contributed by atoms with van der Waals surface area (Å²) in [6.07, 6.45) is 6.19. The molecule has 2 fully saturated rings. The van der Waals surface area contributed by atoms with Gasteiger partial charge in [-0.2, -0.15) is 0 Å². The van der Waals surface area contributed by atoms with Crippen LogP contribution >= 0.6 is 0 Å². The highest BCUT2D eigenvalue weighted by Gasteiger charge is 2.41. The second-order valence-corrected chi connectivity index (χ2v) is 5.79. The van der Waals surface area contributed by atoms with Crippen LogP contribution in [-0.2, 0) is 14.3 Å². The van der Waals surface area contributed by atoms with Crippen molar-refractivity contribution in [1.29, 1.82) is 0 Å². The Labute approximate surface area is 135 Å². The molecule has 0 aromatic rings. The Hall–Kier alpha value is -2.37. The van der Waals surface area contributed by atoms with E-state index in [9.17, 15) is 14.4 Å². The van der Waals surface area contributed by atoms with Gasteiger partial charge in [0.15, 0.2) is 0 Å². The van der Waals surface area contributed by atoms with Gasteiger partial charge in [0.25, 0.3) is 0 Å². The van der Waals surface area contributed by atoms with Gasteiger partial charge in [-0.15, -0.1) is 0 Å². The van der Waals surface area contributed by atoms with Crippen molar-refractivity contribution >= 4 is 17.9 Å². The lowest BCUT2D eigenvalue weighted by atomic mass is 10.0. The van der Waals surface area contributed by atoms with E-state index in [0.29, 0.717) is 12.0 Å². The number of ether oxygens (including phenoxy) is 1. The predicted molar refractivity (Wildman–Crippen MR) is 85.5 cm³/mol. The molecule has 6 heteroatoms. The van der Waals surface area contributed by atoms with Crippen molar-refractivity contribution in [3.05, 3.63) is 36.0 Å². The van der Waals surface area contributed by atoms with Crippen LogP contribution in [0.5, 0.6) is 0 Å². The smallest absolute Gasteiger partial charge is 0.411 e. The highest BCUT2D eigenvalue weighted by Crippen LogP contribution is 2.23. The molecule has 2 heterocycles. The van der Waals surface area contributed by atoms with Crippen LogP contribution in [0.4, 0.5) is 4.79 Å². The average Bonchev–Trinajstić information content (AvgIpc) is 2.89. The third-order valence-corrected chi connectivity index (χ3v) is 4.09. The molecule has 1 N–H and O–H groups in total. The van der Waals surface area contributed by atoms with Gasteiger partial charge in [0.05, 0.1) is 6.54 Å². The zero-order chi connectivity index (χ0) is 17.0. The number of hydrogen-bond donors (Lipinski definition) is 1. The topological polar surface area (TPSA) is 75.7 Å². The van der Waals surface area contributed by atoms with Gasteiger partial charge >= 0.3 is 6.09 Å². The molecule has 0 saturated carbocycles. The molecule has 2 atom stereocenters. The molecule has 2 saturated heterocycles. The quantitative estimate of drug-likeness (QED) is 0.622. The molecule has 2 aliphatic rings. The van der Waals surface area contributed by atoms with Gasteiger partial charge in [-0.3, -0.25) is 19.8 Å². The Morgan fingerprint density at radius 1 is 1.43 bits per heavy atom.